The lowest BCUT2D eigenvalue weighted by Crippen LogP contribution is -2.31. The number of benzene rings is 1. The number of nitro benzene ring substituents is 1. The number of ether oxygens (including phenoxy) is 1. The van der Waals surface area contributed by atoms with E-state index in [1.807, 2.05) is 0 Å². The molecule has 1 rings (SSSR count). The highest BCUT2D eigenvalue weighted by Crippen LogP contribution is 2.18. The van der Waals surface area contributed by atoms with Crippen molar-refractivity contribution >= 4 is 11.7 Å². The molecule has 0 unspecified atom stereocenters. The van der Waals surface area contributed by atoms with Crippen LogP contribution in [0.15, 0.2) is 24.3 Å². The minimum absolute atomic E-state index is 0.0737. The third-order valence-corrected chi connectivity index (χ3v) is 2.81. The van der Waals surface area contributed by atoms with Crippen LogP contribution in [-0.2, 0) is 14.5 Å². The molecule has 0 spiro atoms. The predicted molar refractivity (Wildman–Crippen MR) is 74.2 cm³/mol. The fourth-order valence-electron chi connectivity index (χ4n) is 1.74. The summed E-state index contributed by atoms with van der Waals surface area (Å²) in [4.78, 5) is 30.4. The van der Waals surface area contributed by atoms with Gasteiger partial charge in [-0.05, 0) is 25.0 Å². The van der Waals surface area contributed by atoms with Gasteiger partial charge in [0.15, 0.2) is 0 Å². The van der Waals surface area contributed by atoms with E-state index in [-0.39, 0.29) is 30.7 Å². The molecule has 0 aliphatic heterocycles. The number of rotatable bonds is 11. The first-order valence-corrected chi connectivity index (χ1v) is 6.88. The maximum atomic E-state index is 11.7. The molecule has 13 heteroatoms. The maximum Gasteiger partial charge on any atom is 0.311 e. The van der Waals surface area contributed by atoms with Crippen molar-refractivity contribution in [2.24, 2.45) is 0 Å². The van der Waals surface area contributed by atoms with Gasteiger partial charge >= 0.3 is 5.97 Å². The Labute approximate surface area is 140 Å². The van der Waals surface area contributed by atoms with E-state index in [1.54, 1.807) is 0 Å². The second-order valence-corrected chi connectivity index (χ2v) is 4.65. The van der Waals surface area contributed by atoms with E-state index in [4.69, 9.17) is 25.6 Å². The van der Waals surface area contributed by atoms with Crippen molar-refractivity contribution in [1.82, 2.24) is 10.8 Å². The third kappa shape index (κ3) is 8.99. The zero-order valence-electron chi connectivity index (χ0n) is 12.8. The minimum Gasteiger partial charge on any atom is -0.427 e. The largest absolute Gasteiger partial charge is 0.427 e. The van der Waals surface area contributed by atoms with Gasteiger partial charge in [0.2, 0.25) is 0 Å². The summed E-state index contributed by atoms with van der Waals surface area (Å²) in [6.07, 6.45) is -0.801. The number of hydrogen-bond donors (Lipinski definition) is 4. The summed E-state index contributed by atoms with van der Waals surface area (Å²) < 4.78 is 4.98. The van der Waals surface area contributed by atoms with Crippen LogP contribution in [0.3, 0.4) is 0 Å². The molecule has 4 N–H and O–H groups in total. The maximum absolute atomic E-state index is 11.7. The lowest BCUT2D eigenvalue weighted by molar-refractivity contribution is -0.527. The smallest absolute Gasteiger partial charge is 0.311 e. The Bertz CT molecular complexity index is 551. The number of nitro groups is 1. The van der Waals surface area contributed by atoms with Crippen LogP contribution in [0.1, 0.15) is 19.3 Å². The zero-order chi connectivity index (χ0) is 18.8. The lowest BCUT2D eigenvalue weighted by Gasteiger charge is -2.18. The third-order valence-electron chi connectivity index (χ3n) is 2.81. The van der Waals surface area contributed by atoms with Crippen LogP contribution in [0.5, 0.6) is 5.75 Å². The normalized spacial score (nSPS) is 12.4. The number of carbonyl (C=O) groups excluding carboxylic acids is 1. The van der Waals surface area contributed by atoms with Crippen molar-refractivity contribution in [3.8, 4) is 5.75 Å². The quantitative estimate of drug-likeness (QED) is 0.191. The highest BCUT2D eigenvalue weighted by molar-refractivity contribution is 5.72. The van der Waals surface area contributed by atoms with Gasteiger partial charge in [-0.2, -0.15) is 0 Å². The summed E-state index contributed by atoms with van der Waals surface area (Å²) in [6.45, 7) is -0.442. The van der Waals surface area contributed by atoms with Gasteiger partial charge in [-0.15, -0.1) is 0 Å². The molecule has 1 atom stereocenters. The standard InChI is InChI=1S/C12H17N3O10/c16-12(24-10-6-4-9(5-7-10)13(17)18)3-1-2-11(25-15(21)22)8-23-14(19)20/h4-7,11,19-22H,1-3,8H2/t11-/m1/s1. The second kappa shape index (κ2) is 10.6. The molecule has 25 heavy (non-hydrogen) atoms. The molecule has 0 radical (unpaired) electrons. The van der Waals surface area contributed by atoms with Crippen LogP contribution in [0.2, 0.25) is 0 Å². The molecule has 0 saturated heterocycles. The minimum atomic E-state index is -0.996. The monoisotopic (exact) mass is 363 g/mol. The van der Waals surface area contributed by atoms with Crippen LogP contribution in [-0.4, -0.2) is 55.2 Å². The van der Waals surface area contributed by atoms with Crippen molar-refractivity contribution in [1.29, 1.82) is 0 Å². The number of carbonyl (C=O) groups is 1. The Morgan fingerprint density at radius 1 is 1.16 bits per heavy atom. The Morgan fingerprint density at radius 3 is 2.32 bits per heavy atom. The average Bonchev–Trinajstić information content (AvgIpc) is 2.52. The molecule has 140 valence electrons. The molecule has 0 bridgehead atoms. The number of non-ortho nitro benzene ring substituents is 1. The van der Waals surface area contributed by atoms with Crippen LogP contribution in [0.25, 0.3) is 0 Å². The van der Waals surface area contributed by atoms with Crippen molar-refractivity contribution in [2.75, 3.05) is 6.61 Å². The first-order chi connectivity index (χ1) is 11.8. The van der Waals surface area contributed by atoms with Gasteiger partial charge in [0.1, 0.15) is 18.5 Å². The average molecular weight is 363 g/mol. The first-order valence-electron chi connectivity index (χ1n) is 6.88. The van der Waals surface area contributed by atoms with E-state index in [1.165, 1.54) is 24.3 Å². The molecule has 0 fully saturated rings. The first kappa shape index (κ1) is 20.8. The Kier molecular flexibility index (Phi) is 8.82. The SMILES string of the molecule is O=C(CCC[C@H](CON(O)O)ON(O)O)Oc1ccc([N+](=O)[O-])cc1. The number of hydrogen-bond acceptors (Lipinski definition) is 12. The highest BCUT2D eigenvalue weighted by atomic mass is 17.1. The van der Waals surface area contributed by atoms with Crippen molar-refractivity contribution in [3.05, 3.63) is 34.4 Å². The summed E-state index contributed by atoms with van der Waals surface area (Å²) >= 11 is 0. The fourth-order valence-corrected chi connectivity index (χ4v) is 1.74. The molecule has 0 saturated carbocycles. The predicted octanol–water partition coefficient (Wildman–Crippen LogP) is 1.06. The summed E-state index contributed by atoms with van der Waals surface area (Å²) in [5.74, 6) is -0.482. The van der Waals surface area contributed by atoms with Gasteiger partial charge in [-0.3, -0.25) is 35.7 Å². The van der Waals surface area contributed by atoms with E-state index in [0.29, 0.717) is 0 Å². The molecular formula is C12H17N3O10. The van der Waals surface area contributed by atoms with Crippen LogP contribution in [0, 0.1) is 10.1 Å². The van der Waals surface area contributed by atoms with Gasteiger partial charge in [0, 0.05) is 18.6 Å². The molecule has 0 aliphatic carbocycles. The van der Waals surface area contributed by atoms with Crippen molar-refractivity contribution in [3.63, 3.8) is 0 Å². The molecule has 1 aromatic carbocycles. The summed E-state index contributed by atoms with van der Waals surface area (Å²) in [7, 11) is 0. The van der Waals surface area contributed by atoms with E-state index >= 15 is 0 Å². The van der Waals surface area contributed by atoms with E-state index in [0.717, 1.165) is 0 Å². The van der Waals surface area contributed by atoms with E-state index in [2.05, 4.69) is 9.68 Å². The number of nitrogens with zero attached hydrogens (tertiary/aromatic N) is 3. The Balaban J connectivity index is 2.39. The second-order valence-electron chi connectivity index (χ2n) is 4.65. The Hall–Kier alpha value is -2.23. The van der Waals surface area contributed by atoms with E-state index < -0.39 is 34.4 Å². The lowest BCUT2D eigenvalue weighted by atomic mass is 10.1. The van der Waals surface area contributed by atoms with Gasteiger partial charge in [-0.25, -0.2) is 9.68 Å². The highest BCUT2D eigenvalue weighted by Gasteiger charge is 2.16. The zero-order valence-corrected chi connectivity index (χ0v) is 12.8. The molecule has 0 aliphatic rings. The number of esters is 1. The molecule has 0 aromatic heterocycles. The van der Waals surface area contributed by atoms with Crippen LogP contribution >= 0.6 is 0 Å². The van der Waals surface area contributed by atoms with Gasteiger partial charge in [0.25, 0.3) is 5.69 Å². The Morgan fingerprint density at radius 2 is 1.80 bits per heavy atom. The fraction of sp³-hybridized carbons (Fsp3) is 0.417. The molecule has 0 amide bonds. The van der Waals surface area contributed by atoms with Gasteiger partial charge in [-0.1, -0.05) is 0 Å². The molecule has 13 nitrogen and oxygen atoms in total. The van der Waals surface area contributed by atoms with Gasteiger partial charge in [0.05, 0.1) is 15.7 Å². The molecule has 1 aromatic rings. The molecular weight excluding hydrogens is 346 g/mol. The van der Waals surface area contributed by atoms with Crippen molar-refractivity contribution < 1.29 is 45.0 Å². The summed E-state index contributed by atoms with van der Waals surface area (Å²) in [5.41, 5.74) is -0.140. The van der Waals surface area contributed by atoms with Gasteiger partial charge < -0.3 is 4.74 Å². The summed E-state index contributed by atoms with van der Waals surface area (Å²) in [5, 5.41) is 43.4. The summed E-state index contributed by atoms with van der Waals surface area (Å²) in [6, 6.07) is 4.94. The van der Waals surface area contributed by atoms with Crippen molar-refractivity contribution in [2.45, 2.75) is 25.4 Å². The topological polar surface area (TPSA) is 175 Å². The van der Waals surface area contributed by atoms with E-state index in [9.17, 15) is 14.9 Å². The molecule has 0 heterocycles. The van der Waals surface area contributed by atoms with Crippen LogP contribution < -0.4 is 4.74 Å². The van der Waals surface area contributed by atoms with Crippen LogP contribution in [0.4, 0.5) is 5.69 Å².